The highest BCUT2D eigenvalue weighted by molar-refractivity contribution is 7.10. The molecule has 0 radical (unpaired) electrons. The minimum Gasteiger partial charge on any atom is -0.368 e. The number of aromatic nitrogens is 1. The molecule has 0 aliphatic heterocycles. The summed E-state index contributed by atoms with van der Waals surface area (Å²) in [4.78, 5) is 20.9. The van der Waals surface area contributed by atoms with Gasteiger partial charge in [-0.1, -0.05) is 24.3 Å². The van der Waals surface area contributed by atoms with Gasteiger partial charge in [0.2, 0.25) is 0 Å². The molecule has 1 aliphatic carbocycles. The Labute approximate surface area is 163 Å². The van der Waals surface area contributed by atoms with E-state index in [0.29, 0.717) is 11.6 Å². The molecule has 2 aromatic heterocycles. The largest absolute Gasteiger partial charge is 0.368 e. The Balaban J connectivity index is 1.60. The average Bonchev–Trinajstić information content (AvgIpc) is 3.31. The summed E-state index contributed by atoms with van der Waals surface area (Å²) < 4.78 is 0. The zero-order chi connectivity index (χ0) is 18.8. The highest BCUT2D eigenvalue weighted by Gasteiger charge is 2.25. The van der Waals surface area contributed by atoms with Gasteiger partial charge < -0.3 is 15.5 Å². The molecule has 1 amide bonds. The number of para-hydroxylation sites is 1. The average molecular weight is 381 g/mol. The number of likely N-dealkylation sites (N-methyl/N-ethyl adjacent to an activating group) is 1. The third-order valence-electron chi connectivity index (χ3n) is 4.84. The van der Waals surface area contributed by atoms with E-state index in [0.717, 1.165) is 36.1 Å². The lowest BCUT2D eigenvalue weighted by Crippen LogP contribution is -2.27. The first-order valence-electron chi connectivity index (χ1n) is 9.26. The van der Waals surface area contributed by atoms with E-state index in [1.165, 1.54) is 4.88 Å². The smallest absolute Gasteiger partial charge is 0.252 e. The molecule has 3 aromatic rings. The lowest BCUT2D eigenvalue weighted by molar-refractivity contribution is 0.0952. The summed E-state index contributed by atoms with van der Waals surface area (Å²) in [5.74, 6) is 0.722. The van der Waals surface area contributed by atoms with E-state index in [-0.39, 0.29) is 11.9 Å². The van der Waals surface area contributed by atoms with Crippen LogP contribution in [-0.2, 0) is 0 Å². The molecule has 0 saturated heterocycles. The first-order chi connectivity index (χ1) is 13.1. The van der Waals surface area contributed by atoms with E-state index < -0.39 is 0 Å². The van der Waals surface area contributed by atoms with Gasteiger partial charge in [-0.15, -0.1) is 11.3 Å². The maximum Gasteiger partial charge on any atom is 0.252 e. The summed E-state index contributed by atoms with van der Waals surface area (Å²) in [6, 6.07) is 14.5. The summed E-state index contributed by atoms with van der Waals surface area (Å²) in [6.45, 7) is 0.725. The van der Waals surface area contributed by atoms with Crippen molar-refractivity contribution in [2.24, 2.45) is 0 Å². The van der Waals surface area contributed by atoms with Gasteiger partial charge in [0.1, 0.15) is 5.82 Å². The van der Waals surface area contributed by atoms with Crippen molar-refractivity contribution in [3.05, 3.63) is 58.3 Å². The van der Waals surface area contributed by atoms with Gasteiger partial charge in [-0.2, -0.15) is 0 Å². The lowest BCUT2D eigenvalue weighted by atomic mass is 10.1. The number of carbonyl (C=O) groups excluding carboxylic acids is 1. The van der Waals surface area contributed by atoms with E-state index in [2.05, 4.69) is 47.1 Å². The summed E-state index contributed by atoms with van der Waals surface area (Å²) in [7, 11) is 4.16. The number of nitrogens with one attached hydrogen (secondary N) is 2. The normalized spacial score (nSPS) is 15.1. The third kappa shape index (κ3) is 4.12. The van der Waals surface area contributed by atoms with Crippen LogP contribution in [0.3, 0.4) is 0 Å². The molecule has 1 unspecified atom stereocenters. The number of thiophene rings is 1. The fourth-order valence-corrected chi connectivity index (χ4v) is 4.09. The van der Waals surface area contributed by atoms with Crippen molar-refractivity contribution in [3.8, 4) is 0 Å². The van der Waals surface area contributed by atoms with Crippen LogP contribution >= 0.6 is 11.3 Å². The Morgan fingerprint density at radius 2 is 2.07 bits per heavy atom. The number of amides is 1. The second-order valence-electron chi connectivity index (χ2n) is 7.20. The predicted molar refractivity (Wildman–Crippen MR) is 111 cm³/mol. The first kappa shape index (κ1) is 17.9. The second-order valence-corrected chi connectivity index (χ2v) is 8.17. The number of rotatable bonds is 7. The van der Waals surface area contributed by atoms with Crippen molar-refractivity contribution in [1.82, 2.24) is 15.2 Å². The van der Waals surface area contributed by atoms with Crippen molar-refractivity contribution in [3.63, 3.8) is 0 Å². The van der Waals surface area contributed by atoms with Crippen molar-refractivity contribution >= 4 is 34.0 Å². The number of carbonyl (C=O) groups is 1. The molecule has 1 saturated carbocycles. The Morgan fingerprint density at radius 1 is 1.26 bits per heavy atom. The number of nitrogens with zero attached hydrogens (tertiary/aromatic N) is 2. The van der Waals surface area contributed by atoms with Gasteiger partial charge in [0.05, 0.1) is 17.1 Å². The molecule has 2 N–H and O–H groups in total. The van der Waals surface area contributed by atoms with E-state index in [1.807, 2.05) is 30.3 Å². The quantitative estimate of drug-likeness (QED) is 0.653. The van der Waals surface area contributed by atoms with Crippen LogP contribution in [0, 0.1) is 0 Å². The van der Waals surface area contributed by atoms with Crippen molar-refractivity contribution in [1.29, 1.82) is 0 Å². The van der Waals surface area contributed by atoms with Gasteiger partial charge in [-0.05, 0) is 50.5 Å². The number of benzene rings is 1. The molecule has 1 aliphatic rings. The van der Waals surface area contributed by atoms with E-state index in [4.69, 9.17) is 4.98 Å². The monoisotopic (exact) mass is 380 g/mol. The standard InChI is InChI=1S/C21H24N4OS/c1-25(2)18(19-8-5-11-27-19)13-22-20-12-16(21(26)23-14-9-10-14)15-6-3-4-7-17(15)24-20/h3-8,11-12,14,18H,9-10,13H2,1-2H3,(H,22,24)(H,23,26). The molecule has 0 spiro atoms. The van der Waals surface area contributed by atoms with Gasteiger partial charge in [0.25, 0.3) is 5.91 Å². The number of pyridine rings is 1. The zero-order valence-corrected chi connectivity index (χ0v) is 16.4. The van der Waals surface area contributed by atoms with Crippen molar-refractivity contribution in [2.75, 3.05) is 26.0 Å². The molecule has 1 aromatic carbocycles. The molecule has 1 atom stereocenters. The summed E-state index contributed by atoms with van der Waals surface area (Å²) in [5, 5.41) is 9.53. The van der Waals surface area contributed by atoms with E-state index >= 15 is 0 Å². The van der Waals surface area contributed by atoms with Gasteiger partial charge in [-0.25, -0.2) is 4.98 Å². The molecule has 2 heterocycles. The van der Waals surface area contributed by atoms with Crippen LogP contribution in [0.15, 0.2) is 47.8 Å². The van der Waals surface area contributed by atoms with Gasteiger partial charge in [0.15, 0.2) is 0 Å². The van der Waals surface area contributed by atoms with Crippen molar-refractivity contribution < 1.29 is 4.79 Å². The Kier molecular flexibility index (Phi) is 5.09. The predicted octanol–water partition coefficient (Wildman–Crippen LogP) is 3.90. The van der Waals surface area contributed by atoms with Crippen LogP contribution in [0.25, 0.3) is 10.9 Å². The third-order valence-corrected chi connectivity index (χ3v) is 5.82. The fraction of sp³-hybridized carbons (Fsp3) is 0.333. The van der Waals surface area contributed by atoms with Gasteiger partial charge in [0, 0.05) is 22.8 Å². The van der Waals surface area contributed by atoms with Crippen molar-refractivity contribution in [2.45, 2.75) is 24.9 Å². The molecular weight excluding hydrogens is 356 g/mol. The van der Waals surface area contributed by atoms with Crippen LogP contribution in [0.5, 0.6) is 0 Å². The second kappa shape index (κ2) is 7.66. The lowest BCUT2D eigenvalue weighted by Gasteiger charge is -2.24. The highest BCUT2D eigenvalue weighted by atomic mass is 32.1. The number of hydrogen-bond donors (Lipinski definition) is 2. The summed E-state index contributed by atoms with van der Waals surface area (Å²) in [5.41, 5.74) is 1.52. The molecular formula is C21H24N4OS. The topological polar surface area (TPSA) is 57.3 Å². The van der Waals surface area contributed by atoms with Gasteiger partial charge >= 0.3 is 0 Å². The van der Waals surface area contributed by atoms with Crippen LogP contribution in [0.1, 0.15) is 34.1 Å². The Hall–Kier alpha value is -2.44. The zero-order valence-electron chi connectivity index (χ0n) is 15.6. The Bertz CT molecular complexity index is 935. The van der Waals surface area contributed by atoms with E-state index in [9.17, 15) is 4.79 Å². The SMILES string of the molecule is CN(C)C(CNc1cc(C(=O)NC2CC2)c2ccccc2n1)c1cccs1. The molecule has 140 valence electrons. The maximum absolute atomic E-state index is 12.7. The molecule has 0 bridgehead atoms. The fourth-order valence-electron chi connectivity index (χ4n) is 3.16. The summed E-state index contributed by atoms with van der Waals surface area (Å²) in [6.07, 6.45) is 2.15. The molecule has 1 fully saturated rings. The molecule has 4 rings (SSSR count). The summed E-state index contributed by atoms with van der Waals surface area (Å²) >= 11 is 1.75. The first-order valence-corrected chi connectivity index (χ1v) is 10.1. The highest BCUT2D eigenvalue weighted by Crippen LogP contribution is 2.26. The maximum atomic E-state index is 12.7. The van der Waals surface area contributed by atoms with Crippen LogP contribution < -0.4 is 10.6 Å². The van der Waals surface area contributed by atoms with Crippen LogP contribution in [0.4, 0.5) is 5.82 Å². The molecule has 5 nitrogen and oxygen atoms in total. The number of anilines is 1. The van der Waals surface area contributed by atoms with Crippen LogP contribution in [0.2, 0.25) is 0 Å². The minimum absolute atomic E-state index is 0.0124. The minimum atomic E-state index is -0.0124. The molecule has 27 heavy (non-hydrogen) atoms. The number of hydrogen-bond acceptors (Lipinski definition) is 5. The Morgan fingerprint density at radius 3 is 2.78 bits per heavy atom. The van der Waals surface area contributed by atoms with E-state index in [1.54, 1.807) is 11.3 Å². The number of fused-ring (bicyclic) bond motifs is 1. The molecule has 6 heteroatoms. The van der Waals surface area contributed by atoms with Crippen LogP contribution in [-0.4, -0.2) is 42.5 Å². The van der Waals surface area contributed by atoms with Gasteiger partial charge in [-0.3, -0.25) is 4.79 Å².